The molecule has 0 fully saturated rings. The van der Waals surface area contributed by atoms with Crippen LogP contribution in [0.5, 0.6) is 11.5 Å². The molecule has 2 aromatic rings. The summed E-state index contributed by atoms with van der Waals surface area (Å²) in [5.41, 5.74) is 2.03. The average molecular weight is 386 g/mol. The highest BCUT2D eigenvalue weighted by Gasteiger charge is 2.09. The van der Waals surface area contributed by atoms with E-state index in [-0.39, 0.29) is 11.8 Å². The number of carbonyl (C=O) groups is 2. The number of methoxy groups -OCH3 is 3. The van der Waals surface area contributed by atoms with Crippen LogP contribution in [0.15, 0.2) is 42.5 Å². The molecule has 0 unspecified atom stereocenters. The fourth-order valence-corrected chi connectivity index (χ4v) is 2.60. The highest BCUT2D eigenvalue weighted by molar-refractivity contribution is 5.97. The van der Waals surface area contributed by atoms with E-state index in [1.54, 1.807) is 45.6 Å². The third-order valence-corrected chi connectivity index (χ3v) is 4.15. The van der Waals surface area contributed by atoms with Gasteiger partial charge in [-0.05, 0) is 48.4 Å². The molecule has 0 saturated carbocycles. The van der Waals surface area contributed by atoms with Gasteiger partial charge in [0.25, 0.3) is 11.8 Å². The lowest BCUT2D eigenvalue weighted by atomic mass is 10.1. The molecule has 2 amide bonds. The van der Waals surface area contributed by atoms with Crippen LogP contribution in [0.25, 0.3) is 0 Å². The molecule has 150 valence electrons. The van der Waals surface area contributed by atoms with Gasteiger partial charge in [0.15, 0.2) is 11.5 Å². The molecule has 0 heterocycles. The van der Waals surface area contributed by atoms with Gasteiger partial charge in [0.2, 0.25) is 0 Å². The van der Waals surface area contributed by atoms with Gasteiger partial charge in [0, 0.05) is 31.3 Å². The second kappa shape index (κ2) is 10.9. The van der Waals surface area contributed by atoms with Crippen molar-refractivity contribution in [3.8, 4) is 11.5 Å². The molecule has 7 nitrogen and oxygen atoms in total. The van der Waals surface area contributed by atoms with Crippen molar-refractivity contribution in [1.82, 2.24) is 10.6 Å². The smallest absolute Gasteiger partial charge is 0.251 e. The zero-order valence-corrected chi connectivity index (χ0v) is 16.4. The largest absolute Gasteiger partial charge is 0.493 e. The van der Waals surface area contributed by atoms with E-state index in [0.29, 0.717) is 48.7 Å². The molecule has 2 aromatic carbocycles. The quantitative estimate of drug-likeness (QED) is 0.611. The molecular formula is C21H26N2O5. The summed E-state index contributed by atoms with van der Waals surface area (Å²) in [7, 11) is 4.75. The third kappa shape index (κ3) is 5.99. The maximum Gasteiger partial charge on any atom is 0.251 e. The molecule has 0 spiro atoms. The van der Waals surface area contributed by atoms with Crippen LogP contribution in [0.1, 0.15) is 26.3 Å². The fourth-order valence-electron chi connectivity index (χ4n) is 2.60. The predicted octanol–water partition coefficient (Wildman–Crippen LogP) is 2.05. The Bertz CT molecular complexity index is 790. The van der Waals surface area contributed by atoms with E-state index < -0.39 is 0 Å². The van der Waals surface area contributed by atoms with Gasteiger partial charge in [-0.25, -0.2) is 0 Å². The van der Waals surface area contributed by atoms with Gasteiger partial charge in [0.1, 0.15) is 0 Å². The topological polar surface area (TPSA) is 85.9 Å². The van der Waals surface area contributed by atoms with Gasteiger partial charge in [0.05, 0.1) is 20.8 Å². The van der Waals surface area contributed by atoms with Crippen LogP contribution in [0.2, 0.25) is 0 Å². The lowest BCUT2D eigenvalue weighted by molar-refractivity contribution is 0.0931. The Morgan fingerprint density at radius 2 is 1.36 bits per heavy atom. The Labute approximate surface area is 165 Å². The summed E-state index contributed by atoms with van der Waals surface area (Å²) in [6, 6.07) is 12.2. The molecule has 2 rings (SSSR count). The van der Waals surface area contributed by atoms with Crippen molar-refractivity contribution >= 4 is 11.8 Å². The lowest BCUT2D eigenvalue weighted by Gasteiger charge is -2.10. The predicted molar refractivity (Wildman–Crippen MR) is 106 cm³/mol. The number of benzene rings is 2. The standard InChI is InChI=1S/C21H26N2O5/c1-26-13-12-23-21(25)17-7-5-16(6-8-17)20(24)22-11-10-15-4-9-18(27-2)19(14-15)28-3/h4-9,14H,10-13H2,1-3H3,(H,22,24)(H,23,25). The monoisotopic (exact) mass is 386 g/mol. The van der Waals surface area contributed by atoms with Crippen molar-refractivity contribution < 1.29 is 23.8 Å². The van der Waals surface area contributed by atoms with E-state index in [1.165, 1.54) is 0 Å². The highest BCUT2D eigenvalue weighted by atomic mass is 16.5. The Balaban J connectivity index is 1.85. The minimum absolute atomic E-state index is 0.188. The summed E-state index contributed by atoms with van der Waals surface area (Å²) in [5.74, 6) is 0.941. The molecule has 0 aromatic heterocycles. The second-order valence-electron chi connectivity index (χ2n) is 6.02. The molecule has 0 aliphatic carbocycles. The van der Waals surface area contributed by atoms with Gasteiger partial charge < -0.3 is 24.8 Å². The summed E-state index contributed by atoms with van der Waals surface area (Å²) in [5, 5.41) is 5.61. The van der Waals surface area contributed by atoms with Gasteiger partial charge >= 0.3 is 0 Å². The number of nitrogens with one attached hydrogen (secondary N) is 2. The van der Waals surface area contributed by atoms with Crippen LogP contribution in [-0.2, 0) is 11.2 Å². The first-order chi connectivity index (χ1) is 13.6. The molecule has 2 N–H and O–H groups in total. The van der Waals surface area contributed by atoms with Gasteiger partial charge in [-0.15, -0.1) is 0 Å². The van der Waals surface area contributed by atoms with Crippen LogP contribution in [0.4, 0.5) is 0 Å². The number of amides is 2. The molecule has 0 radical (unpaired) electrons. The first kappa shape index (κ1) is 21.2. The van der Waals surface area contributed by atoms with Crippen molar-refractivity contribution in [3.63, 3.8) is 0 Å². The van der Waals surface area contributed by atoms with E-state index in [1.807, 2.05) is 18.2 Å². The third-order valence-electron chi connectivity index (χ3n) is 4.15. The molecular weight excluding hydrogens is 360 g/mol. The number of ether oxygens (including phenoxy) is 3. The van der Waals surface area contributed by atoms with E-state index in [4.69, 9.17) is 14.2 Å². The molecule has 0 bridgehead atoms. The van der Waals surface area contributed by atoms with Crippen LogP contribution in [0.3, 0.4) is 0 Å². The Hall–Kier alpha value is -3.06. The van der Waals surface area contributed by atoms with E-state index in [0.717, 1.165) is 5.56 Å². The molecule has 28 heavy (non-hydrogen) atoms. The number of carbonyl (C=O) groups excluding carboxylic acids is 2. The molecule has 0 atom stereocenters. The average Bonchev–Trinajstić information content (AvgIpc) is 2.73. The summed E-state index contributed by atoms with van der Waals surface area (Å²) >= 11 is 0. The normalized spacial score (nSPS) is 10.2. The Kier molecular flexibility index (Phi) is 8.30. The van der Waals surface area contributed by atoms with E-state index in [2.05, 4.69) is 10.6 Å². The van der Waals surface area contributed by atoms with Gasteiger partial charge in [-0.2, -0.15) is 0 Å². The van der Waals surface area contributed by atoms with Crippen molar-refractivity contribution in [2.75, 3.05) is 41.0 Å². The van der Waals surface area contributed by atoms with Crippen molar-refractivity contribution in [2.24, 2.45) is 0 Å². The van der Waals surface area contributed by atoms with Gasteiger partial charge in [-0.3, -0.25) is 9.59 Å². The summed E-state index contributed by atoms with van der Waals surface area (Å²) in [4.78, 5) is 24.2. The summed E-state index contributed by atoms with van der Waals surface area (Å²) in [6.45, 7) is 1.37. The first-order valence-electron chi connectivity index (χ1n) is 8.95. The van der Waals surface area contributed by atoms with E-state index >= 15 is 0 Å². The van der Waals surface area contributed by atoms with Crippen molar-refractivity contribution in [3.05, 3.63) is 59.2 Å². The maximum absolute atomic E-state index is 12.3. The maximum atomic E-state index is 12.3. The molecule has 0 saturated heterocycles. The van der Waals surface area contributed by atoms with Crippen LogP contribution < -0.4 is 20.1 Å². The Morgan fingerprint density at radius 1 is 0.786 bits per heavy atom. The molecule has 7 heteroatoms. The van der Waals surface area contributed by atoms with Crippen LogP contribution >= 0.6 is 0 Å². The molecule has 0 aliphatic rings. The lowest BCUT2D eigenvalue weighted by Crippen LogP contribution is -2.27. The highest BCUT2D eigenvalue weighted by Crippen LogP contribution is 2.27. The zero-order chi connectivity index (χ0) is 20.4. The minimum atomic E-state index is -0.197. The summed E-state index contributed by atoms with van der Waals surface area (Å²) in [6.07, 6.45) is 0.659. The SMILES string of the molecule is COCCNC(=O)c1ccc(C(=O)NCCc2ccc(OC)c(OC)c2)cc1. The summed E-state index contributed by atoms with van der Waals surface area (Å²) < 4.78 is 15.4. The van der Waals surface area contributed by atoms with Crippen LogP contribution in [-0.4, -0.2) is 52.8 Å². The number of hydrogen-bond donors (Lipinski definition) is 2. The minimum Gasteiger partial charge on any atom is -0.493 e. The first-order valence-corrected chi connectivity index (χ1v) is 8.95. The second-order valence-corrected chi connectivity index (χ2v) is 6.02. The number of hydrogen-bond acceptors (Lipinski definition) is 5. The van der Waals surface area contributed by atoms with Crippen molar-refractivity contribution in [2.45, 2.75) is 6.42 Å². The van der Waals surface area contributed by atoms with Crippen molar-refractivity contribution in [1.29, 1.82) is 0 Å². The zero-order valence-electron chi connectivity index (χ0n) is 16.4. The van der Waals surface area contributed by atoms with Crippen LogP contribution in [0, 0.1) is 0 Å². The molecule has 0 aliphatic heterocycles. The fraction of sp³-hybridized carbons (Fsp3) is 0.333. The Morgan fingerprint density at radius 3 is 1.89 bits per heavy atom. The number of rotatable bonds is 10. The van der Waals surface area contributed by atoms with Gasteiger partial charge in [-0.1, -0.05) is 6.07 Å². The van der Waals surface area contributed by atoms with E-state index in [9.17, 15) is 9.59 Å².